The Balaban J connectivity index is 1.43. The van der Waals surface area contributed by atoms with Crippen molar-refractivity contribution in [2.45, 2.75) is 90.1 Å². The van der Waals surface area contributed by atoms with E-state index in [1.54, 1.807) is 6.20 Å². The first-order chi connectivity index (χ1) is 13.4. The van der Waals surface area contributed by atoms with Crippen LogP contribution in [0.25, 0.3) is 0 Å². The third-order valence-electron chi connectivity index (χ3n) is 5.85. The van der Waals surface area contributed by atoms with E-state index < -0.39 is 0 Å². The van der Waals surface area contributed by atoms with Crippen LogP contribution in [-0.4, -0.2) is 37.1 Å². The summed E-state index contributed by atoms with van der Waals surface area (Å²) in [4.78, 5) is 19.3. The Hall–Kier alpha value is -2.18. The number of rotatable bonds is 4. The molecule has 1 fully saturated rings. The fourth-order valence-electron chi connectivity index (χ4n) is 4.22. The third kappa shape index (κ3) is 3.84. The Morgan fingerprint density at radius 1 is 1.18 bits per heavy atom. The molecule has 0 radical (unpaired) electrons. The van der Waals surface area contributed by atoms with Crippen LogP contribution >= 0.6 is 0 Å². The first kappa shape index (κ1) is 19.2. The summed E-state index contributed by atoms with van der Waals surface area (Å²) in [6.07, 6.45) is 9.30. The number of hydrogen-bond acceptors (Lipinski definition) is 5. The largest absolute Gasteiger partial charge is 0.445 e. The van der Waals surface area contributed by atoms with Gasteiger partial charge in [-0.2, -0.15) is 0 Å². The minimum Gasteiger partial charge on any atom is -0.445 e. The summed E-state index contributed by atoms with van der Waals surface area (Å²) in [6.45, 7) is 8.06. The van der Waals surface area contributed by atoms with Crippen molar-refractivity contribution >= 4 is 5.91 Å². The van der Waals surface area contributed by atoms with Gasteiger partial charge in [0.25, 0.3) is 0 Å². The molecule has 4 heterocycles. The number of likely N-dealkylation sites (tertiary alicyclic amines) is 1. The van der Waals surface area contributed by atoms with Crippen molar-refractivity contribution in [2.24, 2.45) is 0 Å². The third-order valence-corrected chi connectivity index (χ3v) is 5.85. The molecular formula is C21H31N5O2. The highest BCUT2D eigenvalue weighted by Crippen LogP contribution is 2.33. The molecule has 7 nitrogen and oxygen atoms in total. The van der Waals surface area contributed by atoms with Gasteiger partial charge >= 0.3 is 0 Å². The molecule has 2 aromatic rings. The lowest BCUT2D eigenvalue weighted by Crippen LogP contribution is -2.32. The minimum absolute atomic E-state index is 0.0570. The predicted octanol–water partition coefficient (Wildman–Crippen LogP) is 3.59. The summed E-state index contributed by atoms with van der Waals surface area (Å²) in [6, 6.07) is 0.0570. The summed E-state index contributed by atoms with van der Waals surface area (Å²) in [7, 11) is 0. The number of oxazole rings is 1. The molecule has 1 amide bonds. The summed E-state index contributed by atoms with van der Waals surface area (Å²) in [5, 5.41) is 8.92. The van der Waals surface area contributed by atoms with Crippen LogP contribution in [0.15, 0.2) is 10.6 Å². The van der Waals surface area contributed by atoms with Gasteiger partial charge in [-0.1, -0.05) is 27.2 Å². The molecule has 152 valence electrons. The normalized spacial score (nSPS) is 20.2. The van der Waals surface area contributed by atoms with Gasteiger partial charge in [0.1, 0.15) is 11.6 Å². The van der Waals surface area contributed by atoms with E-state index in [2.05, 4.69) is 40.5 Å². The number of carbonyl (C=O) groups is 1. The van der Waals surface area contributed by atoms with Gasteiger partial charge in [-0.25, -0.2) is 4.98 Å². The highest BCUT2D eigenvalue weighted by atomic mass is 16.4. The molecule has 0 aliphatic carbocycles. The SMILES string of the molecule is CC(C)(C)c1cnc(CCC(=O)N2CCCC2c2nnc3n2CCCCC3)o1. The van der Waals surface area contributed by atoms with Crippen molar-refractivity contribution in [3.63, 3.8) is 0 Å². The van der Waals surface area contributed by atoms with Crippen LogP contribution in [0.3, 0.4) is 0 Å². The van der Waals surface area contributed by atoms with Gasteiger partial charge in [-0.05, 0) is 25.7 Å². The Morgan fingerprint density at radius 3 is 2.82 bits per heavy atom. The maximum atomic E-state index is 13.0. The average molecular weight is 386 g/mol. The molecule has 0 spiro atoms. The average Bonchev–Trinajstić information content (AvgIpc) is 3.36. The van der Waals surface area contributed by atoms with Gasteiger partial charge in [0.15, 0.2) is 11.7 Å². The standard InChI is InChI=1S/C21H31N5O2/c1-21(2,3)16-14-22-18(28-16)10-11-19(27)25-13-7-8-15(25)20-24-23-17-9-5-4-6-12-26(17)20/h14-15H,4-13H2,1-3H3. The Kier molecular flexibility index (Phi) is 5.25. The lowest BCUT2D eigenvalue weighted by atomic mass is 9.94. The van der Waals surface area contributed by atoms with Crippen LogP contribution in [0.1, 0.15) is 88.6 Å². The summed E-state index contributed by atoms with van der Waals surface area (Å²) in [5.41, 5.74) is -0.0687. The lowest BCUT2D eigenvalue weighted by molar-refractivity contribution is -0.132. The fourth-order valence-corrected chi connectivity index (χ4v) is 4.22. The van der Waals surface area contributed by atoms with Crippen molar-refractivity contribution in [1.82, 2.24) is 24.6 Å². The van der Waals surface area contributed by atoms with Crippen LogP contribution in [-0.2, 0) is 29.6 Å². The summed E-state index contributed by atoms with van der Waals surface area (Å²) in [5.74, 6) is 3.73. The molecule has 7 heteroatoms. The predicted molar refractivity (Wildman–Crippen MR) is 105 cm³/mol. The highest BCUT2D eigenvalue weighted by Gasteiger charge is 2.34. The second kappa shape index (κ2) is 7.68. The van der Waals surface area contributed by atoms with Crippen LogP contribution < -0.4 is 0 Å². The zero-order valence-corrected chi connectivity index (χ0v) is 17.3. The molecule has 0 bridgehead atoms. The molecule has 0 N–H and O–H groups in total. The fraction of sp³-hybridized carbons (Fsp3) is 0.714. The first-order valence-electron chi connectivity index (χ1n) is 10.6. The molecule has 1 atom stereocenters. The second-order valence-corrected chi connectivity index (χ2v) is 9.05. The molecule has 4 rings (SSSR count). The second-order valence-electron chi connectivity index (χ2n) is 9.05. The van der Waals surface area contributed by atoms with Gasteiger partial charge < -0.3 is 13.9 Å². The summed E-state index contributed by atoms with van der Waals surface area (Å²) < 4.78 is 8.11. The van der Waals surface area contributed by atoms with Crippen LogP contribution in [0.4, 0.5) is 0 Å². The topological polar surface area (TPSA) is 77.1 Å². The van der Waals surface area contributed by atoms with Crippen molar-refractivity contribution < 1.29 is 9.21 Å². The van der Waals surface area contributed by atoms with E-state index in [4.69, 9.17) is 4.42 Å². The molecule has 28 heavy (non-hydrogen) atoms. The van der Waals surface area contributed by atoms with Gasteiger partial charge in [0.2, 0.25) is 5.91 Å². The number of amides is 1. The Morgan fingerprint density at radius 2 is 2.04 bits per heavy atom. The van der Waals surface area contributed by atoms with Crippen LogP contribution in [0.5, 0.6) is 0 Å². The zero-order chi connectivity index (χ0) is 19.7. The number of fused-ring (bicyclic) bond motifs is 1. The minimum atomic E-state index is -0.0687. The maximum Gasteiger partial charge on any atom is 0.223 e. The van der Waals surface area contributed by atoms with E-state index in [1.165, 1.54) is 19.3 Å². The molecule has 0 aromatic carbocycles. The van der Waals surface area contributed by atoms with Gasteiger partial charge in [-0.15, -0.1) is 10.2 Å². The highest BCUT2D eigenvalue weighted by molar-refractivity contribution is 5.77. The van der Waals surface area contributed by atoms with Gasteiger partial charge in [-0.3, -0.25) is 4.79 Å². The van der Waals surface area contributed by atoms with Crippen molar-refractivity contribution in [2.75, 3.05) is 6.54 Å². The first-order valence-corrected chi connectivity index (χ1v) is 10.6. The van der Waals surface area contributed by atoms with E-state index in [9.17, 15) is 4.79 Å². The number of aromatic nitrogens is 4. The Labute approximate surface area is 166 Å². The van der Waals surface area contributed by atoms with E-state index in [1.807, 2.05) is 4.90 Å². The molecule has 2 aliphatic rings. The number of nitrogens with zero attached hydrogens (tertiary/aromatic N) is 5. The smallest absolute Gasteiger partial charge is 0.223 e. The monoisotopic (exact) mass is 385 g/mol. The van der Waals surface area contributed by atoms with E-state index in [0.29, 0.717) is 18.7 Å². The van der Waals surface area contributed by atoms with E-state index in [0.717, 1.165) is 49.8 Å². The zero-order valence-electron chi connectivity index (χ0n) is 17.3. The Bertz CT molecular complexity index is 832. The summed E-state index contributed by atoms with van der Waals surface area (Å²) >= 11 is 0. The molecule has 2 aromatic heterocycles. The maximum absolute atomic E-state index is 13.0. The molecular weight excluding hydrogens is 354 g/mol. The lowest BCUT2D eigenvalue weighted by Gasteiger charge is -2.24. The molecule has 1 unspecified atom stereocenters. The number of carbonyl (C=O) groups excluding carboxylic acids is 1. The van der Waals surface area contributed by atoms with Crippen molar-refractivity contribution in [3.05, 3.63) is 29.5 Å². The van der Waals surface area contributed by atoms with E-state index >= 15 is 0 Å². The molecule has 0 saturated carbocycles. The number of aryl methyl sites for hydroxylation is 2. The van der Waals surface area contributed by atoms with Crippen molar-refractivity contribution in [3.8, 4) is 0 Å². The number of hydrogen-bond donors (Lipinski definition) is 0. The van der Waals surface area contributed by atoms with Gasteiger partial charge in [0.05, 0.1) is 12.2 Å². The van der Waals surface area contributed by atoms with Gasteiger partial charge in [0, 0.05) is 37.8 Å². The van der Waals surface area contributed by atoms with E-state index in [-0.39, 0.29) is 17.4 Å². The van der Waals surface area contributed by atoms with Crippen molar-refractivity contribution in [1.29, 1.82) is 0 Å². The molecule has 1 saturated heterocycles. The van der Waals surface area contributed by atoms with Crippen LogP contribution in [0.2, 0.25) is 0 Å². The quantitative estimate of drug-likeness (QED) is 0.804. The van der Waals surface area contributed by atoms with Crippen LogP contribution in [0, 0.1) is 0 Å². The molecule has 2 aliphatic heterocycles.